The first-order chi connectivity index (χ1) is 12.7. The van der Waals surface area contributed by atoms with Gasteiger partial charge in [0.15, 0.2) is 5.96 Å². The zero-order valence-electron chi connectivity index (χ0n) is 16.1. The highest BCUT2D eigenvalue weighted by Crippen LogP contribution is 2.19. The molecule has 0 aliphatic rings. The topological polar surface area (TPSA) is 64.1 Å². The first-order valence-corrected chi connectivity index (χ1v) is 9.47. The Morgan fingerprint density at radius 3 is 2.58 bits per heavy atom. The van der Waals surface area contributed by atoms with Crippen LogP contribution < -0.4 is 10.6 Å². The lowest BCUT2D eigenvalue weighted by Gasteiger charge is -2.19. The summed E-state index contributed by atoms with van der Waals surface area (Å²) in [6.45, 7) is 6.06. The molecule has 0 radical (unpaired) electrons. The number of ether oxygens (including phenoxy) is 3. The van der Waals surface area contributed by atoms with E-state index < -0.39 is 0 Å². The van der Waals surface area contributed by atoms with Gasteiger partial charge in [0.25, 0.3) is 0 Å². The van der Waals surface area contributed by atoms with Crippen molar-refractivity contribution in [3.63, 3.8) is 0 Å². The first kappa shape index (κ1) is 22.7. The number of nitrogens with one attached hydrogen (secondary N) is 2. The number of hydrogen-bond donors (Lipinski definition) is 2. The molecule has 2 N–H and O–H groups in total. The molecule has 1 aromatic carbocycles. The molecule has 0 aliphatic heterocycles. The Morgan fingerprint density at radius 1 is 1.15 bits per heavy atom. The molecule has 1 aromatic rings. The van der Waals surface area contributed by atoms with E-state index in [4.69, 9.17) is 25.8 Å². The fourth-order valence-corrected chi connectivity index (χ4v) is 2.46. The average molecular weight is 386 g/mol. The quantitative estimate of drug-likeness (QED) is 0.310. The summed E-state index contributed by atoms with van der Waals surface area (Å²) in [5.74, 6) is 0.705. The van der Waals surface area contributed by atoms with E-state index in [1.807, 2.05) is 24.3 Å². The Morgan fingerprint density at radius 2 is 1.92 bits per heavy atom. The molecular formula is C19H32ClN3O3. The first-order valence-electron chi connectivity index (χ1n) is 9.09. The molecule has 1 unspecified atom stereocenters. The van der Waals surface area contributed by atoms with Gasteiger partial charge >= 0.3 is 0 Å². The molecule has 0 saturated heterocycles. The summed E-state index contributed by atoms with van der Waals surface area (Å²) in [5, 5.41) is 7.17. The zero-order valence-corrected chi connectivity index (χ0v) is 16.8. The molecule has 0 fully saturated rings. The van der Waals surface area contributed by atoms with Crippen LogP contribution in [0.2, 0.25) is 5.02 Å². The van der Waals surface area contributed by atoms with E-state index in [0.717, 1.165) is 25.0 Å². The Hall–Kier alpha value is -1.34. The minimum absolute atomic E-state index is 0.108. The van der Waals surface area contributed by atoms with Crippen LogP contribution in [0, 0.1) is 0 Å². The van der Waals surface area contributed by atoms with Gasteiger partial charge in [0.05, 0.1) is 25.9 Å². The van der Waals surface area contributed by atoms with E-state index in [1.165, 1.54) is 0 Å². The molecule has 0 bridgehead atoms. The maximum atomic E-state index is 6.05. The van der Waals surface area contributed by atoms with Gasteiger partial charge in [-0.3, -0.25) is 4.99 Å². The number of hydrogen-bond acceptors (Lipinski definition) is 4. The molecule has 1 atom stereocenters. The van der Waals surface area contributed by atoms with Crippen molar-refractivity contribution in [3.05, 3.63) is 34.9 Å². The molecular weight excluding hydrogens is 354 g/mol. The molecule has 26 heavy (non-hydrogen) atoms. The van der Waals surface area contributed by atoms with Crippen LogP contribution in [0.5, 0.6) is 0 Å². The van der Waals surface area contributed by atoms with Crippen molar-refractivity contribution in [2.45, 2.75) is 25.9 Å². The van der Waals surface area contributed by atoms with Crippen LogP contribution in [0.3, 0.4) is 0 Å². The average Bonchev–Trinajstić information content (AvgIpc) is 2.65. The standard InChI is InChI=1S/C19H32ClN3O3/c1-4-5-10-25-12-13-26-11-9-22-19(21-2)23-15-18(24-3)16-7-6-8-17(20)14-16/h6-8,14,18H,4-5,9-13,15H2,1-3H3,(H2,21,22,23). The van der Waals surface area contributed by atoms with Crippen molar-refractivity contribution in [2.75, 3.05) is 53.7 Å². The van der Waals surface area contributed by atoms with Crippen LogP contribution in [-0.4, -0.2) is 59.6 Å². The lowest BCUT2D eigenvalue weighted by molar-refractivity contribution is 0.0487. The molecule has 0 aliphatic carbocycles. The van der Waals surface area contributed by atoms with Gasteiger partial charge in [0.1, 0.15) is 0 Å². The number of unbranched alkanes of at least 4 members (excludes halogenated alkanes) is 1. The highest BCUT2D eigenvalue weighted by atomic mass is 35.5. The van der Waals surface area contributed by atoms with Crippen LogP contribution in [0.25, 0.3) is 0 Å². The number of benzene rings is 1. The predicted molar refractivity (Wildman–Crippen MR) is 107 cm³/mol. The van der Waals surface area contributed by atoms with Gasteiger partial charge in [-0.25, -0.2) is 0 Å². The summed E-state index contributed by atoms with van der Waals surface area (Å²) in [5.41, 5.74) is 1.02. The lowest BCUT2D eigenvalue weighted by Crippen LogP contribution is -2.41. The molecule has 0 aromatic heterocycles. The number of nitrogens with zero attached hydrogens (tertiary/aromatic N) is 1. The van der Waals surface area contributed by atoms with Crippen molar-refractivity contribution in [1.29, 1.82) is 0 Å². The van der Waals surface area contributed by atoms with Crippen molar-refractivity contribution < 1.29 is 14.2 Å². The van der Waals surface area contributed by atoms with Gasteiger partial charge in [-0.1, -0.05) is 37.1 Å². The van der Waals surface area contributed by atoms with Gasteiger partial charge in [-0.15, -0.1) is 0 Å². The second-order valence-electron chi connectivity index (χ2n) is 5.74. The van der Waals surface area contributed by atoms with Crippen LogP contribution >= 0.6 is 11.6 Å². The van der Waals surface area contributed by atoms with E-state index in [0.29, 0.717) is 43.9 Å². The molecule has 7 heteroatoms. The minimum atomic E-state index is -0.108. The smallest absolute Gasteiger partial charge is 0.191 e. The van der Waals surface area contributed by atoms with Crippen LogP contribution in [0.1, 0.15) is 31.4 Å². The summed E-state index contributed by atoms with van der Waals surface area (Å²) in [6.07, 6.45) is 2.14. The van der Waals surface area contributed by atoms with Crippen LogP contribution in [0.15, 0.2) is 29.3 Å². The second kappa shape index (κ2) is 14.8. The van der Waals surface area contributed by atoms with Crippen LogP contribution in [0.4, 0.5) is 0 Å². The van der Waals surface area contributed by atoms with E-state index >= 15 is 0 Å². The Kier molecular flexibility index (Phi) is 12.9. The minimum Gasteiger partial charge on any atom is -0.379 e. The largest absolute Gasteiger partial charge is 0.379 e. The van der Waals surface area contributed by atoms with Crippen LogP contribution in [-0.2, 0) is 14.2 Å². The van der Waals surface area contributed by atoms with Gasteiger partial charge in [0, 0.05) is 38.9 Å². The maximum Gasteiger partial charge on any atom is 0.191 e. The van der Waals surface area contributed by atoms with Crippen molar-refractivity contribution in [2.24, 2.45) is 4.99 Å². The Balaban J connectivity index is 2.20. The number of methoxy groups -OCH3 is 1. The SMILES string of the molecule is CCCCOCCOCCNC(=NC)NCC(OC)c1cccc(Cl)c1. The predicted octanol–water partition coefficient (Wildman–Crippen LogP) is 3.03. The monoisotopic (exact) mass is 385 g/mol. The summed E-state index contributed by atoms with van der Waals surface area (Å²) in [7, 11) is 3.42. The van der Waals surface area contributed by atoms with Gasteiger partial charge < -0.3 is 24.8 Å². The van der Waals surface area contributed by atoms with Gasteiger partial charge in [0.2, 0.25) is 0 Å². The van der Waals surface area contributed by atoms with Crippen molar-refractivity contribution in [1.82, 2.24) is 10.6 Å². The van der Waals surface area contributed by atoms with E-state index in [1.54, 1.807) is 14.2 Å². The number of aliphatic imine (C=N–C) groups is 1. The number of rotatable bonds is 13. The molecule has 0 heterocycles. The summed E-state index contributed by atoms with van der Waals surface area (Å²) < 4.78 is 16.5. The summed E-state index contributed by atoms with van der Waals surface area (Å²) in [6, 6.07) is 7.67. The number of guanidine groups is 1. The molecule has 0 saturated carbocycles. The van der Waals surface area contributed by atoms with Crippen molar-refractivity contribution in [3.8, 4) is 0 Å². The second-order valence-corrected chi connectivity index (χ2v) is 6.17. The van der Waals surface area contributed by atoms with E-state index in [-0.39, 0.29) is 6.10 Å². The third-order valence-electron chi connectivity index (χ3n) is 3.74. The van der Waals surface area contributed by atoms with E-state index in [9.17, 15) is 0 Å². The molecule has 1 rings (SSSR count). The highest BCUT2D eigenvalue weighted by Gasteiger charge is 2.11. The van der Waals surface area contributed by atoms with Gasteiger partial charge in [-0.2, -0.15) is 0 Å². The summed E-state index contributed by atoms with van der Waals surface area (Å²) in [4.78, 5) is 4.21. The molecule has 6 nitrogen and oxygen atoms in total. The maximum absolute atomic E-state index is 6.05. The van der Waals surface area contributed by atoms with E-state index in [2.05, 4.69) is 22.5 Å². The molecule has 0 amide bonds. The molecule has 0 spiro atoms. The Labute approximate surface area is 162 Å². The summed E-state index contributed by atoms with van der Waals surface area (Å²) >= 11 is 6.05. The fraction of sp³-hybridized carbons (Fsp3) is 0.632. The number of halogens is 1. The van der Waals surface area contributed by atoms with Gasteiger partial charge in [-0.05, 0) is 24.1 Å². The third-order valence-corrected chi connectivity index (χ3v) is 3.97. The fourth-order valence-electron chi connectivity index (χ4n) is 2.26. The third kappa shape index (κ3) is 9.97. The normalized spacial score (nSPS) is 12.8. The lowest BCUT2D eigenvalue weighted by atomic mass is 10.1. The highest BCUT2D eigenvalue weighted by molar-refractivity contribution is 6.30. The Bertz CT molecular complexity index is 515. The zero-order chi connectivity index (χ0) is 19.0. The molecule has 148 valence electrons. The van der Waals surface area contributed by atoms with Crippen molar-refractivity contribution >= 4 is 17.6 Å².